The zero-order valence-corrected chi connectivity index (χ0v) is 73.9. The monoisotopic (exact) mass is 1790 g/mol. The number of para-hydroxylation sites is 1. The first-order valence-electron chi connectivity index (χ1n) is 43.1. The van der Waals surface area contributed by atoms with E-state index in [1.165, 1.54) is 11.8 Å². The number of nitrogens with one attached hydrogen (secondary N) is 14. The predicted octanol–water partition coefficient (Wildman–Crippen LogP) is -3.81. The van der Waals surface area contributed by atoms with Crippen LogP contribution in [0.2, 0.25) is 0 Å². The number of carboxylic acids is 2. The average Bonchev–Trinajstić information content (AvgIpc) is 1.65. The van der Waals surface area contributed by atoms with Gasteiger partial charge in [0.25, 0.3) is 0 Å². The van der Waals surface area contributed by atoms with E-state index in [1.807, 2.05) is 24.3 Å². The minimum Gasteiger partial charge on any atom is -0.481 e. The van der Waals surface area contributed by atoms with Gasteiger partial charge in [0.2, 0.25) is 82.7 Å². The maximum Gasteiger partial charge on any atom is 0.326 e. The van der Waals surface area contributed by atoms with Crippen LogP contribution in [-0.2, 0) is 89.6 Å². The highest BCUT2D eigenvalue weighted by Crippen LogP contribution is 2.21. The Labute approximate surface area is 739 Å². The number of guanidine groups is 1. The lowest BCUT2D eigenvalue weighted by molar-refractivity contribution is -0.143. The number of hydrogen-bond acceptors (Lipinski definition) is 24. The number of thioether (sulfide) groups is 1. The normalized spacial score (nSPS) is 14.5. The number of carbonyl (C=O) groups is 16. The van der Waals surface area contributed by atoms with Crippen LogP contribution < -0.4 is 121 Å². The molecular weight excluding hydrogens is 1650 g/mol. The molecule has 0 aliphatic carbocycles. The number of carboxylic acid groups (broad SMARTS) is 2. The summed E-state index contributed by atoms with van der Waals surface area (Å²) in [5, 5.41) is 54.6. The molecule has 0 radical (unpaired) electrons. The Hall–Kier alpha value is -11.1. The molecule has 0 fully saturated rings. The lowest BCUT2D eigenvalue weighted by atomic mass is 9.96. The van der Waals surface area contributed by atoms with Gasteiger partial charge in [-0.25, -0.2) is 4.79 Å². The van der Waals surface area contributed by atoms with Crippen molar-refractivity contribution in [2.45, 2.75) is 260 Å². The number of rotatable bonds is 66. The second-order valence-corrected chi connectivity index (χ2v) is 32.4. The lowest BCUT2D eigenvalue weighted by Crippen LogP contribution is -2.62. The second-order valence-electron chi connectivity index (χ2n) is 31.4. The number of amides is 14. The minimum atomic E-state index is -1.76. The Balaban J connectivity index is 1.98. The number of nitrogens with zero attached hydrogens (tertiary/aromatic N) is 1. The van der Waals surface area contributed by atoms with Gasteiger partial charge in [-0.15, -0.1) is 0 Å². The smallest absolute Gasteiger partial charge is 0.326 e. The molecule has 0 aliphatic rings. The van der Waals surface area contributed by atoms with Crippen LogP contribution in [0.4, 0.5) is 0 Å². The largest absolute Gasteiger partial charge is 0.481 e. The van der Waals surface area contributed by atoms with Gasteiger partial charge < -0.3 is 136 Å². The summed E-state index contributed by atoms with van der Waals surface area (Å²) in [6.45, 7) is 7.00. The first-order valence-corrected chi connectivity index (χ1v) is 44.5. The third kappa shape index (κ3) is 41.3. The number of aromatic nitrogens is 1. The van der Waals surface area contributed by atoms with E-state index in [2.05, 4.69) is 79.1 Å². The summed E-state index contributed by atoms with van der Waals surface area (Å²) in [6, 6.07) is -2.40. The topological polar surface area (TPSA) is 732 Å². The lowest BCUT2D eigenvalue weighted by Gasteiger charge is -2.30. The van der Waals surface area contributed by atoms with Crippen LogP contribution in [0.15, 0.2) is 65.8 Å². The molecule has 126 heavy (non-hydrogen) atoms. The number of unbranched alkanes of at least 4 members (excludes halogenated alkanes) is 5. The van der Waals surface area contributed by atoms with Gasteiger partial charge in [0.15, 0.2) is 5.96 Å². The molecule has 14 amide bonds. The van der Waals surface area contributed by atoms with Crippen molar-refractivity contribution in [2.75, 3.05) is 57.8 Å². The molecule has 42 nitrogen and oxygen atoms in total. The number of H-pyrrole nitrogens is 1. The van der Waals surface area contributed by atoms with Gasteiger partial charge in [0, 0.05) is 42.9 Å². The molecule has 3 rings (SSSR count). The molecule has 43 heteroatoms. The van der Waals surface area contributed by atoms with Crippen molar-refractivity contribution in [3.8, 4) is 0 Å². The Kier molecular flexibility index (Phi) is 52.4. The SMILES string of the molecule is CC[C@H](C)[C@H](NC(=O)[C@H](CCCCN)NC(=O)[C@H](CCCCN)NC(=O)[C@H](Cc1ccccc1)NC(=O)[C@@H](NC(=O)[C@H](CCCCN)NC(=O)[C@H](Cc1c[nH]c2ccccc12)NC(=O)[C@@H](N)CCCCN)C(C)C)C(=O)N[C@@H](CCC(=O)O)C(=O)N[C@@H](CCCCN)C(=O)N[C@@H](CCSC)C(=O)NCC(=O)N[C@@H](CCCN=C(N)N)C(=O)N[C@@H](CC(N)=O)C(=O)O. The maximum atomic E-state index is 15.1. The van der Waals surface area contributed by atoms with Crippen molar-refractivity contribution < 1.29 is 86.9 Å². The summed E-state index contributed by atoms with van der Waals surface area (Å²) in [5.74, 6) is -16.7. The highest BCUT2D eigenvalue weighted by molar-refractivity contribution is 7.98. The van der Waals surface area contributed by atoms with Crippen molar-refractivity contribution in [1.82, 2.24) is 74.1 Å². The second kappa shape index (κ2) is 60.5. The molecule has 34 N–H and O–H groups in total. The van der Waals surface area contributed by atoms with E-state index in [0.29, 0.717) is 69.0 Å². The van der Waals surface area contributed by atoms with E-state index < -0.39 is 211 Å². The molecule has 3 aromatic rings. The van der Waals surface area contributed by atoms with Crippen molar-refractivity contribution in [2.24, 2.45) is 68.4 Å². The third-order valence-electron chi connectivity index (χ3n) is 20.9. The Morgan fingerprint density at radius 2 is 0.825 bits per heavy atom. The highest BCUT2D eigenvalue weighted by Gasteiger charge is 2.39. The molecule has 1 aromatic heterocycles. The van der Waals surface area contributed by atoms with Crippen molar-refractivity contribution in [3.63, 3.8) is 0 Å². The fourth-order valence-corrected chi connectivity index (χ4v) is 13.9. The summed E-state index contributed by atoms with van der Waals surface area (Å²) in [6.07, 6.45) is 5.32. The summed E-state index contributed by atoms with van der Waals surface area (Å²) in [5.41, 5.74) is 53.7. The van der Waals surface area contributed by atoms with Crippen molar-refractivity contribution in [1.29, 1.82) is 0 Å². The Morgan fingerprint density at radius 1 is 0.429 bits per heavy atom. The highest BCUT2D eigenvalue weighted by atomic mass is 32.2. The number of fused-ring (bicyclic) bond motifs is 1. The predicted molar refractivity (Wildman–Crippen MR) is 476 cm³/mol. The van der Waals surface area contributed by atoms with Gasteiger partial charge in [-0.1, -0.05) is 89.1 Å². The van der Waals surface area contributed by atoms with Crippen LogP contribution in [0, 0.1) is 11.8 Å². The van der Waals surface area contributed by atoms with Crippen LogP contribution >= 0.6 is 11.8 Å². The molecule has 0 aliphatic heterocycles. The summed E-state index contributed by atoms with van der Waals surface area (Å²) in [7, 11) is 0. The standard InChI is InChI=1S/C83H138N24O18S/c1-6-49(4)69(81(123)102-60(33-34-67(110)111)75(117)97-56(28-13-18-37-85)74(116)101-61(35-42-126-5)71(113)95-47-66(109)96-55(32-22-41-93-83(91)92)72(114)105-64(82(124)125)45-65(90)108)107-77(119)59(31-16-21-40-88)98-73(115)57(29-14-19-38-86)99-78(120)62(43-50-23-8-7-9-24-50)104-80(122)68(48(2)3)106-76(118)58(30-15-20-39-87)100-79(121)63(103-70(112)53(89)26-12-17-36-84)44-51-46-94-54-27-11-10-25-52(51)54/h7-11,23-25,27,46,48-49,53,55-64,68-69,94H,6,12-22,26,28-45,47,84-89H2,1-5H3,(H2,90,108)(H,95,113)(H,96,109)(H,97,117)(H,98,115)(H,99,120)(H,100,121)(H,101,116)(H,102,123)(H,103,112)(H,104,122)(H,105,114)(H,106,118)(H,107,119)(H,110,111)(H,124,125)(H4,91,92,93)/t49-,53-,55-,56-,57-,58-,59-,60-,61-,62-,63-,64-,68-,69-/m0/s1. The van der Waals surface area contributed by atoms with Crippen molar-refractivity contribution >= 4 is 123 Å². The van der Waals surface area contributed by atoms with Gasteiger partial charge in [-0.05, 0) is 189 Å². The molecule has 0 saturated heterocycles. The van der Waals surface area contributed by atoms with Crippen LogP contribution in [0.1, 0.15) is 180 Å². The number of aromatic amines is 1. The zero-order chi connectivity index (χ0) is 93.8. The van der Waals surface area contributed by atoms with Crippen LogP contribution in [-0.4, -0.2) is 252 Å². The van der Waals surface area contributed by atoms with E-state index in [9.17, 15) is 82.1 Å². The Morgan fingerprint density at radius 3 is 1.29 bits per heavy atom. The number of aliphatic carboxylic acids is 2. The molecule has 2 aromatic carbocycles. The molecule has 0 spiro atoms. The minimum absolute atomic E-state index is 0.00369. The van der Waals surface area contributed by atoms with Crippen LogP contribution in [0.5, 0.6) is 0 Å². The quantitative estimate of drug-likeness (QED) is 0.0146. The third-order valence-corrected chi connectivity index (χ3v) is 21.5. The zero-order valence-electron chi connectivity index (χ0n) is 73.0. The van der Waals surface area contributed by atoms with Gasteiger partial charge in [0.05, 0.1) is 19.0 Å². The summed E-state index contributed by atoms with van der Waals surface area (Å²) >= 11 is 1.29. The average molecular weight is 1790 g/mol. The van der Waals surface area contributed by atoms with Gasteiger partial charge >= 0.3 is 11.9 Å². The number of aliphatic imine (C=N–C) groups is 1. The van der Waals surface area contributed by atoms with E-state index in [1.54, 1.807) is 70.5 Å². The number of primary amides is 1. The molecule has 704 valence electrons. The number of carbonyl (C=O) groups excluding carboxylic acids is 14. The maximum absolute atomic E-state index is 15.1. The van der Waals surface area contributed by atoms with E-state index >= 15 is 4.79 Å². The van der Waals surface area contributed by atoms with Gasteiger partial charge in [0.1, 0.15) is 72.5 Å². The number of nitrogens with two attached hydrogens (primary N) is 9. The first-order chi connectivity index (χ1) is 60.1. The molecule has 0 unspecified atom stereocenters. The number of benzene rings is 2. The summed E-state index contributed by atoms with van der Waals surface area (Å²) in [4.78, 5) is 230. The fraction of sp³-hybridized carbons (Fsp3) is 0.627. The van der Waals surface area contributed by atoms with Gasteiger partial charge in [-0.2, -0.15) is 11.8 Å². The molecule has 0 saturated carbocycles. The van der Waals surface area contributed by atoms with E-state index in [4.69, 9.17) is 51.6 Å². The van der Waals surface area contributed by atoms with E-state index in [-0.39, 0.29) is 128 Å². The fourth-order valence-electron chi connectivity index (χ4n) is 13.4. The van der Waals surface area contributed by atoms with Crippen LogP contribution in [0.25, 0.3) is 10.9 Å². The summed E-state index contributed by atoms with van der Waals surface area (Å²) < 4.78 is 0. The van der Waals surface area contributed by atoms with Crippen LogP contribution in [0.3, 0.4) is 0 Å². The van der Waals surface area contributed by atoms with Gasteiger partial charge in [-0.3, -0.25) is 76.9 Å². The Bertz CT molecular complexity index is 4010. The molecule has 14 atom stereocenters. The van der Waals surface area contributed by atoms with E-state index in [0.717, 1.165) is 10.9 Å². The van der Waals surface area contributed by atoms with Crippen molar-refractivity contribution in [3.05, 3.63) is 71.9 Å². The molecule has 0 bridgehead atoms. The first kappa shape index (κ1) is 109. The number of hydrogen-bond donors (Lipinski definition) is 25. The molecule has 1 heterocycles. The molecular formula is C83H138N24O18S.